The molecule has 0 aliphatic carbocycles. The largest absolute Gasteiger partial charge is 0.355 e. The van der Waals surface area contributed by atoms with Crippen molar-refractivity contribution >= 4 is 16.7 Å². The Kier molecular flexibility index (Phi) is 3.89. The van der Waals surface area contributed by atoms with E-state index in [1.54, 1.807) is 0 Å². The third kappa shape index (κ3) is 3.34. The average molecular weight is 255 g/mol. The lowest BCUT2D eigenvalue weighted by Crippen LogP contribution is -2.35. The van der Waals surface area contributed by atoms with Gasteiger partial charge in [-0.05, 0) is 22.8 Å². The molecular weight excluding hydrogens is 234 g/mol. The number of carbonyl (C=O) groups excluding carboxylic acids is 1. The van der Waals surface area contributed by atoms with Crippen LogP contribution in [-0.2, 0) is 11.2 Å². The summed E-state index contributed by atoms with van der Waals surface area (Å²) in [5.74, 6) is 0.104. The summed E-state index contributed by atoms with van der Waals surface area (Å²) >= 11 is 0. The molecule has 1 amide bonds. The van der Waals surface area contributed by atoms with Crippen LogP contribution in [0.2, 0.25) is 0 Å². The summed E-state index contributed by atoms with van der Waals surface area (Å²) in [4.78, 5) is 11.8. The van der Waals surface area contributed by atoms with Gasteiger partial charge in [0.25, 0.3) is 0 Å². The molecule has 0 atom stereocenters. The van der Waals surface area contributed by atoms with Crippen molar-refractivity contribution in [2.75, 3.05) is 6.54 Å². The molecule has 19 heavy (non-hydrogen) atoms. The highest BCUT2D eigenvalue weighted by atomic mass is 16.2. The first-order chi connectivity index (χ1) is 8.98. The van der Waals surface area contributed by atoms with E-state index < -0.39 is 0 Å². The quantitative estimate of drug-likeness (QED) is 0.893. The molecule has 0 aliphatic rings. The van der Waals surface area contributed by atoms with Crippen LogP contribution in [0.5, 0.6) is 0 Å². The van der Waals surface area contributed by atoms with Gasteiger partial charge in [-0.1, -0.05) is 63.2 Å². The third-order valence-electron chi connectivity index (χ3n) is 3.24. The van der Waals surface area contributed by atoms with Gasteiger partial charge in [-0.15, -0.1) is 0 Å². The third-order valence-corrected chi connectivity index (χ3v) is 3.24. The first-order valence-electron chi connectivity index (χ1n) is 6.73. The summed E-state index contributed by atoms with van der Waals surface area (Å²) in [6.45, 7) is 6.48. The lowest BCUT2D eigenvalue weighted by molar-refractivity contribution is -0.128. The van der Waals surface area contributed by atoms with Crippen LogP contribution in [0, 0.1) is 5.41 Å². The van der Waals surface area contributed by atoms with E-state index in [1.807, 2.05) is 26.8 Å². The molecule has 0 radical (unpaired) electrons. The highest BCUT2D eigenvalue weighted by molar-refractivity contribution is 5.86. The average Bonchev–Trinajstić information content (AvgIpc) is 2.38. The van der Waals surface area contributed by atoms with Gasteiger partial charge in [0.05, 0.1) is 0 Å². The second-order valence-electron chi connectivity index (χ2n) is 5.89. The van der Waals surface area contributed by atoms with Gasteiger partial charge >= 0.3 is 0 Å². The maximum atomic E-state index is 11.8. The van der Waals surface area contributed by atoms with E-state index in [9.17, 15) is 4.79 Å². The molecule has 2 nitrogen and oxygen atoms in total. The zero-order valence-electron chi connectivity index (χ0n) is 11.9. The fourth-order valence-electron chi connectivity index (χ4n) is 2.09. The zero-order valence-corrected chi connectivity index (χ0v) is 11.9. The number of carbonyl (C=O) groups is 1. The van der Waals surface area contributed by atoms with Gasteiger partial charge in [-0.2, -0.15) is 0 Å². The Hall–Kier alpha value is -1.83. The van der Waals surface area contributed by atoms with Gasteiger partial charge in [-0.25, -0.2) is 0 Å². The van der Waals surface area contributed by atoms with Gasteiger partial charge in [0, 0.05) is 12.0 Å². The minimum atomic E-state index is -0.321. The summed E-state index contributed by atoms with van der Waals surface area (Å²) in [6.07, 6.45) is 0.864. The number of rotatable bonds is 3. The fourth-order valence-corrected chi connectivity index (χ4v) is 2.09. The number of fused-ring (bicyclic) bond motifs is 1. The zero-order chi connectivity index (χ0) is 13.9. The van der Waals surface area contributed by atoms with Crippen molar-refractivity contribution in [3.8, 4) is 0 Å². The Bertz CT molecular complexity index is 576. The monoisotopic (exact) mass is 255 g/mol. The molecule has 1 N–H and O–H groups in total. The molecule has 100 valence electrons. The molecule has 2 rings (SSSR count). The summed E-state index contributed by atoms with van der Waals surface area (Å²) in [5, 5.41) is 5.52. The summed E-state index contributed by atoms with van der Waals surface area (Å²) in [5.41, 5.74) is 0.964. The lowest BCUT2D eigenvalue weighted by atomic mass is 9.95. The number of hydrogen-bond donors (Lipinski definition) is 1. The molecule has 2 heteroatoms. The number of hydrogen-bond acceptors (Lipinski definition) is 1. The molecule has 0 heterocycles. The maximum absolute atomic E-state index is 11.8. The van der Waals surface area contributed by atoms with E-state index in [4.69, 9.17) is 0 Å². The molecule has 0 aliphatic heterocycles. The summed E-state index contributed by atoms with van der Waals surface area (Å²) in [7, 11) is 0. The fraction of sp³-hybridized carbons (Fsp3) is 0.353. The highest BCUT2D eigenvalue weighted by Crippen LogP contribution is 2.19. The van der Waals surface area contributed by atoms with E-state index in [0.29, 0.717) is 6.54 Å². The minimum absolute atomic E-state index is 0.104. The van der Waals surface area contributed by atoms with Crippen molar-refractivity contribution in [3.63, 3.8) is 0 Å². The predicted molar refractivity (Wildman–Crippen MR) is 80.1 cm³/mol. The molecular formula is C17H21NO. The van der Waals surface area contributed by atoms with Crippen LogP contribution in [0.25, 0.3) is 10.8 Å². The minimum Gasteiger partial charge on any atom is -0.355 e. The maximum Gasteiger partial charge on any atom is 0.225 e. The second kappa shape index (κ2) is 5.43. The Balaban J connectivity index is 2.05. The van der Waals surface area contributed by atoms with E-state index in [0.717, 1.165) is 6.42 Å². The number of nitrogens with one attached hydrogen (secondary N) is 1. The van der Waals surface area contributed by atoms with Crippen LogP contribution in [0.3, 0.4) is 0 Å². The molecule has 0 aromatic heterocycles. The van der Waals surface area contributed by atoms with E-state index in [-0.39, 0.29) is 11.3 Å². The van der Waals surface area contributed by atoms with Gasteiger partial charge in [0.2, 0.25) is 5.91 Å². The number of benzene rings is 2. The Morgan fingerprint density at radius 1 is 1.05 bits per heavy atom. The Morgan fingerprint density at radius 3 is 2.47 bits per heavy atom. The van der Waals surface area contributed by atoms with Crippen molar-refractivity contribution in [3.05, 3.63) is 48.0 Å². The highest BCUT2D eigenvalue weighted by Gasteiger charge is 2.20. The molecule has 0 bridgehead atoms. The molecule has 0 saturated carbocycles. The van der Waals surface area contributed by atoms with Crippen LogP contribution in [-0.4, -0.2) is 12.5 Å². The van der Waals surface area contributed by atoms with Crippen molar-refractivity contribution < 1.29 is 4.79 Å². The van der Waals surface area contributed by atoms with Gasteiger partial charge < -0.3 is 5.32 Å². The lowest BCUT2D eigenvalue weighted by Gasteiger charge is -2.17. The molecule has 0 fully saturated rings. The normalized spacial score (nSPS) is 11.5. The van der Waals surface area contributed by atoms with Crippen LogP contribution in [0.4, 0.5) is 0 Å². The van der Waals surface area contributed by atoms with Gasteiger partial charge in [0.15, 0.2) is 0 Å². The molecule has 0 unspecified atom stereocenters. The van der Waals surface area contributed by atoms with Crippen molar-refractivity contribution in [2.24, 2.45) is 5.41 Å². The standard InChI is InChI=1S/C17H21NO/c1-17(2,3)16(19)18-12-11-14-9-6-8-13-7-4-5-10-15(13)14/h4-10H,11-12H2,1-3H3,(H,18,19). The first kappa shape index (κ1) is 13.6. The van der Waals surface area contributed by atoms with Gasteiger partial charge in [0.1, 0.15) is 0 Å². The van der Waals surface area contributed by atoms with Crippen LogP contribution in [0.15, 0.2) is 42.5 Å². The van der Waals surface area contributed by atoms with Gasteiger partial charge in [-0.3, -0.25) is 4.79 Å². The Morgan fingerprint density at radius 2 is 1.74 bits per heavy atom. The van der Waals surface area contributed by atoms with Crippen LogP contribution < -0.4 is 5.32 Å². The first-order valence-corrected chi connectivity index (χ1v) is 6.73. The smallest absolute Gasteiger partial charge is 0.225 e. The SMILES string of the molecule is CC(C)(C)C(=O)NCCc1cccc2ccccc12. The van der Waals surface area contributed by atoms with E-state index in [2.05, 4.69) is 41.7 Å². The van der Waals surface area contributed by atoms with Crippen LogP contribution in [0.1, 0.15) is 26.3 Å². The molecule has 2 aromatic rings. The predicted octanol–water partition coefficient (Wildman–Crippen LogP) is 3.54. The summed E-state index contributed by atoms with van der Waals surface area (Å²) in [6, 6.07) is 14.7. The Labute approximate surface area is 114 Å². The van der Waals surface area contributed by atoms with E-state index >= 15 is 0 Å². The number of amides is 1. The van der Waals surface area contributed by atoms with Crippen LogP contribution >= 0.6 is 0 Å². The second-order valence-corrected chi connectivity index (χ2v) is 5.89. The molecule has 2 aromatic carbocycles. The van der Waals surface area contributed by atoms with Crippen molar-refractivity contribution in [1.82, 2.24) is 5.32 Å². The van der Waals surface area contributed by atoms with Crippen molar-refractivity contribution in [1.29, 1.82) is 0 Å². The van der Waals surface area contributed by atoms with E-state index in [1.165, 1.54) is 16.3 Å². The topological polar surface area (TPSA) is 29.1 Å². The summed E-state index contributed by atoms with van der Waals surface area (Å²) < 4.78 is 0. The molecule has 0 spiro atoms. The molecule has 0 saturated heterocycles. The van der Waals surface area contributed by atoms with Crippen molar-refractivity contribution in [2.45, 2.75) is 27.2 Å².